The normalized spacial score (nSPS) is 0. The molecule has 44 valence electrons. The molecule has 2 radical (unpaired) electrons. The summed E-state index contributed by atoms with van der Waals surface area (Å²) in [6.07, 6.45) is 0. The molecule has 0 spiro atoms. The molecule has 0 aliphatic rings. The van der Waals surface area contributed by atoms with Gasteiger partial charge in [-0.25, -0.2) is 0 Å². The molecule has 6 heavy (non-hydrogen) atoms. The first-order valence-electron chi connectivity index (χ1n) is 0. The Morgan fingerprint density at radius 3 is 1.00 bits per heavy atom. The van der Waals surface area contributed by atoms with Crippen LogP contribution in [0.25, 0.3) is 0 Å². The molecule has 6 heteroatoms. The van der Waals surface area contributed by atoms with E-state index in [1.54, 1.807) is 0 Å². The first-order chi connectivity index (χ1) is 0. The van der Waals surface area contributed by atoms with Crippen molar-refractivity contribution < 1.29 is 150 Å². The number of hydrogen-bond acceptors (Lipinski definition) is 0. The summed E-state index contributed by atoms with van der Waals surface area (Å²) in [5, 5.41) is 0. The molecule has 0 saturated carbocycles. The van der Waals surface area contributed by atoms with Crippen LogP contribution >= 0.6 is 0 Å². The fraction of sp³-hybridized carbons (Fsp3) is 0. The van der Waals surface area contributed by atoms with Gasteiger partial charge in [-0.05, 0) is 0 Å². The molecule has 0 amide bonds. The number of halogens is 2. The topological polar surface area (TPSA) is 0 Å². The minimum Gasteiger partial charge on any atom is -1.00 e. The summed E-state index contributed by atoms with van der Waals surface area (Å²) in [6, 6.07) is 0. The Morgan fingerprint density at radius 1 is 1.00 bits per heavy atom. The molecule has 0 aliphatic heterocycles. The summed E-state index contributed by atoms with van der Waals surface area (Å²) in [5.41, 5.74) is 0. The summed E-state index contributed by atoms with van der Waals surface area (Å²) in [6.45, 7) is 0. The molecule has 0 atom stereocenters. The van der Waals surface area contributed by atoms with Crippen LogP contribution in [0.2, 0.25) is 0 Å². The van der Waals surface area contributed by atoms with E-state index in [0.717, 1.165) is 0 Å². The largest absolute Gasteiger partial charge is 1.00 e. The maximum Gasteiger partial charge on any atom is 1.00 e. The van der Waals surface area contributed by atoms with E-state index in [-0.39, 0.29) is 150 Å². The molecule has 0 saturated heterocycles. The van der Waals surface area contributed by atoms with Gasteiger partial charge in [0.1, 0.15) is 0 Å². The van der Waals surface area contributed by atoms with Gasteiger partial charge in [0.25, 0.3) is 0 Å². The van der Waals surface area contributed by atoms with Crippen molar-refractivity contribution >= 4 is 0 Å². The molecule has 0 rings (SSSR count). The van der Waals surface area contributed by atoms with Crippen molar-refractivity contribution in [2.24, 2.45) is 0 Å². The maximum atomic E-state index is 0. The zero-order chi connectivity index (χ0) is 0. The molecular formula is H3F2GdLuNaY. The average molecular weight is 485 g/mol. The first-order valence-corrected chi connectivity index (χ1v) is 0. The monoisotopic (exact) mass is 486 g/mol. The molecule has 0 bridgehead atoms. The molecule has 0 aromatic carbocycles. The summed E-state index contributed by atoms with van der Waals surface area (Å²) in [5.74, 6) is 0. The van der Waals surface area contributed by atoms with Gasteiger partial charge in [-0.3, -0.25) is 9.41 Å². The standard InChI is InChI=1S/2FH.Gd.Lu.Na.Y.H/h2*1H;;;;;/q;;;;+1;;-1. The smallest absolute Gasteiger partial charge is 1.00 e. The van der Waals surface area contributed by atoms with Crippen LogP contribution in [0, 0.1) is 76.8 Å². The van der Waals surface area contributed by atoms with Gasteiger partial charge in [0.2, 0.25) is 0 Å². The van der Waals surface area contributed by atoms with Crippen molar-refractivity contribution in [1.82, 2.24) is 0 Å². The fourth-order valence-corrected chi connectivity index (χ4v) is 0. The van der Waals surface area contributed by atoms with Crippen molar-refractivity contribution in [3.8, 4) is 0 Å². The molecule has 0 aliphatic carbocycles. The predicted molar refractivity (Wildman–Crippen MR) is 6.12 cm³/mol. The van der Waals surface area contributed by atoms with Crippen molar-refractivity contribution in [2.45, 2.75) is 0 Å². The van der Waals surface area contributed by atoms with Crippen LogP contribution in [-0.4, -0.2) is 0 Å². The van der Waals surface area contributed by atoms with Gasteiger partial charge >= 0.3 is 29.6 Å². The van der Waals surface area contributed by atoms with E-state index < -0.39 is 0 Å². The Kier molecular flexibility index (Phi) is 263. The van der Waals surface area contributed by atoms with Crippen LogP contribution < -0.4 is 29.6 Å². The predicted octanol–water partition coefficient (Wildman–Crippen LogP) is -2.58. The van der Waals surface area contributed by atoms with Crippen LogP contribution in [-0.2, 0) is 32.7 Å². The first kappa shape index (κ1) is 46.7. The number of rotatable bonds is 0. The molecule has 0 aromatic rings. The van der Waals surface area contributed by atoms with Crippen molar-refractivity contribution in [1.29, 1.82) is 0 Å². The fourth-order valence-electron chi connectivity index (χ4n) is 0. The van der Waals surface area contributed by atoms with E-state index in [0.29, 0.717) is 0 Å². The van der Waals surface area contributed by atoms with Crippen molar-refractivity contribution in [3.05, 3.63) is 0 Å². The average Bonchev–Trinajstić information content (AvgIpc) is 0. The Hall–Kier alpha value is 4.52. The van der Waals surface area contributed by atoms with E-state index >= 15 is 0 Å². The van der Waals surface area contributed by atoms with Crippen LogP contribution in [0.4, 0.5) is 9.41 Å². The van der Waals surface area contributed by atoms with Crippen LogP contribution in [0.15, 0.2) is 0 Å². The summed E-state index contributed by atoms with van der Waals surface area (Å²) in [7, 11) is 0. The van der Waals surface area contributed by atoms with Gasteiger partial charge in [-0.1, -0.05) is 0 Å². The molecule has 0 heterocycles. The summed E-state index contributed by atoms with van der Waals surface area (Å²) in [4.78, 5) is 0. The second-order valence-electron chi connectivity index (χ2n) is 0. The molecule has 0 aromatic heterocycles. The zero-order valence-corrected chi connectivity index (χ0v) is 11.8. The van der Waals surface area contributed by atoms with Gasteiger partial charge in [-0.2, -0.15) is 0 Å². The second kappa shape index (κ2) is 33.8. The minimum atomic E-state index is 0. The second-order valence-corrected chi connectivity index (χ2v) is 0. The number of hydrogen-bond donors (Lipinski definition) is 0. The molecule has 0 nitrogen and oxygen atoms in total. The summed E-state index contributed by atoms with van der Waals surface area (Å²) >= 11 is 0. The molecule has 0 fully saturated rings. The minimum absolute atomic E-state index is 0. The molecular weight excluding hydrogens is 482 g/mol. The van der Waals surface area contributed by atoms with Crippen molar-refractivity contribution in [3.63, 3.8) is 0 Å². The third-order valence-electron chi connectivity index (χ3n) is 0. The van der Waals surface area contributed by atoms with E-state index in [9.17, 15) is 0 Å². The summed E-state index contributed by atoms with van der Waals surface area (Å²) < 4.78 is 0. The van der Waals surface area contributed by atoms with Crippen LogP contribution in [0.5, 0.6) is 0 Å². The van der Waals surface area contributed by atoms with Crippen molar-refractivity contribution in [2.75, 3.05) is 0 Å². The van der Waals surface area contributed by atoms with Gasteiger partial charge < -0.3 is 1.43 Å². The van der Waals surface area contributed by atoms with Crippen LogP contribution in [0.3, 0.4) is 0 Å². The third-order valence-corrected chi connectivity index (χ3v) is 0. The van der Waals surface area contributed by atoms with Gasteiger partial charge in [0, 0.05) is 110 Å². The molecule has 0 N–H and O–H groups in total. The van der Waals surface area contributed by atoms with Gasteiger partial charge in [0.05, 0.1) is 0 Å². The SMILES string of the molecule is F.F.[Gd].[H-].[Lu].[Na+].[Y]. The van der Waals surface area contributed by atoms with E-state index in [2.05, 4.69) is 0 Å². The zero-order valence-electron chi connectivity index (χ0n) is 4.01. The third kappa shape index (κ3) is 23.6. The Bertz CT molecular complexity index is 17.7. The Balaban J connectivity index is 0. The Morgan fingerprint density at radius 2 is 1.00 bits per heavy atom. The van der Waals surface area contributed by atoms with Crippen LogP contribution in [0.1, 0.15) is 1.43 Å². The van der Waals surface area contributed by atoms with Gasteiger partial charge in [-0.15, -0.1) is 0 Å². The molecule has 0 unspecified atom stereocenters. The van der Waals surface area contributed by atoms with Gasteiger partial charge in [0.15, 0.2) is 0 Å². The van der Waals surface area contributed by atoms with E-state index in [1.165, 1.54) is 0 Å². The van der Waals surface area contributed by atoms with E-state index in [1.807, 2.05) is 0 Å². The van der Waals surface area contributed by atoms with E-state index in [4.69, 9.17) is 0 Å². The maximum absolute atomic E-state index is 0. The quantitative estimate of drug-likeness (QED) is 0.331. The Labute approximate surface area is 146 Å².